The van der Waals surface area contributed by atoms with Gasteiger partial charge in [-0.15, -0.1) is 0 Å². The summed E-state index contributed by atoms with van der Waals surface area (Å²) in [7, 11) is 6.64. The molecule has 172 valence electrons. The topological polar surface area (TPSA) is 75.4 Å². The molecule has 0 saturated heterocycles. The molecule has 1 aliphatic carbocycles. The lowest BCUT2D eigenvalue weighted by Gasteiger charge is -2.30. The smallest absolute Gasteiger partial charge is 0.196 e. The maximum Gasteiger partial charge on any atom is 0.196 e. The summed E-state index contributed by atoms with van der Waals surface area (Å²) in [6, 6.07) is 10.4. The lowest BCUT2D eigenvalue weighted by atomic mass is 9.82. The largest absolute Gasteiger partial charge is 0.398 e. The minimum Gasteiger partial charge on any atom is -0.398 e. The molecule has 0 aliphatic heterocycles. The number of hydrogen-bond acceptors (Lipinski definition) is 6. The molecule has 1 aliphatic rings. The van der Waals surface area contributed by atoms with Gasteiger partial charge < -0.3 is 20.4 Å². The lowest BCUT2D eigenvalue weighted by Crippen LogP contribution is -2.43. The lowest BCUT2D eigenvalue weighted by molar-refractivity contribution is -0.887. The number of ketones is 2. The van der Waals surface area contributed by atoms with Crippen LogP contribution in [-0.2, 0) is 0 Å². The molecular weight excluding hydrogens is 420 g/mol. The van der Waals surface area contributed by atoms with E-state index in [2.05, 4.69) is 44.0 Å². The Morgan fingerprint density at radius 2 is 1.56 bits per heavy atom. The van der Waals surface area contributed by atoms with Gasteiger partial charge in [0.15, 0.2) is 11.6 Å². The third kappa shape index (κ3) is 5.52. The van der Waals surface area contributed by atoms with Crippen molar-refractivity contribution in [2.24, 2.45) is 0 Å². The van der Waals surface area contributed by atoms with E-state index in [1.807, 2.05) is 0 Å². The first kappa shape index (κ1) is 24.3. The van der Waals surface area contributed by atoms with Crippen molar-refractivity contribution in [3.05, 3.63) is 58.7 Å². The zero-order chi connectivity index (χ0) is 23.3. The van der Waals surface area contributed by atoms with Crippen LogP contribution in [0.2, 0.25) is 0 Å². The van der Waals surface area contributed by atoms with Crippen molar-refractivity contribution in [3.8, 4) is 0 Å². The number of nitrogen functional groups attached to an aromatic ring is 1. The van der Waals surface area contributed by atoms with E-state index in [-0.39, 0.29) is 11.6 Å². The fourth-order valence-corrected chi connectivity index (χ4v) is 4.77. The number of quaternary nitrogens is 1. The molecule has 0 amide bonds. The number of nitrogens with two attached hydrogens (primary N) is 1. The molecule has 7 heteroatoms. The highest BCUT2D eigenvalue weighted by atomic mass is 32.1. The monoisotopic (exact) mass is 455 g/mol. The van der Waals surface area contributed by atoms with Crippen LogP contribution in [0, 0.1) is 0 Å². The summed E-state index contributed by atoms with van der Waals surface area (Å²) < 4.78 is 0.997. The Balaban J connectivity index is 1.57. The molecule has 3 rings (SSSR count). The van der Waals surface area contributed by atoms with Gasteiger partial charge in [0.05, 0.1) is 38.3 Å². The molecule has 2 aromatic rings. The number of anilines is 2. The molecule has 3 N–H and O–H groups in total. The van der Waals surface area contributed by atoms with Gasteiger partial charge in [0.25, 0.3) is 0 Å². The van der Waals surface area contributed by atoms with Crippen LogP contribution in [0.5, 0.6) is 0 Å². The quantitative estimate of drug-likeness (QED) is 0.179. The Bertz CT molecular complexity index is 990. The van der Waals surface area contributed by atoms with Crippen LogP contribution in [0.1, 0.15) is 44.7 Å². The van der Waals surface area contributed by atoms with Crippen LogP contribution in [0.3, 0.4) is 0 Å². The fraction of sp³-hybridized carbons (Fsp3) is 0.440. The molecule has 0 saturated carbocycles. The molecule has 0 atom stereocenters. The van der Waals surface area contributed by atoms with Crippen LogP contribution < -0.4 is 11.1 Å². The van der Waals surface area contributed by atoms with Crippen molar-refractivity contribution in [2.45, 2.75) is 12.8 Å². The molecular formula is C25H35N4O2S+. The van der Waals surface area contributed by atoms with Crippen molar-refractivity contribution >= 4 is 35.6 Å². The van der Waals surface area contributed by atoms with Gasteiger partial charge in [-0.2, -0.15) is 12.6 Å². The molecule has 0 unspecified atom stereocenters. The predicted molar refractivity (Wildman–Crippen MR) is 135 cm³/mol. The van der Waals surface area contributed by atoms with E-state index in [0.717, 1.165) is 49.3 Å². The number of nitrogens with zero attached hydrogens (tertiary/aromatic N) is 2. The van der Waals surface area contributed by atoms with Crippen LogP contribution in [0.25, 0.3) is 0 Å². The number of benzene rings is 2. The average molecular weight is 456 g/mol. The first-order valence-corrected chi connectivity index (χ1v) is 11.8. The minimum absolute atomic E-state index is 0.149. The van der Waals surface area contributed by atoms with E-state index < -0.39 is 0 Å². The number of carbonyl (C=O) groups is 2. The Kier molecular flexibility index (Phi) is 7.98. The van der Waals surface area contributed by atoms with E-state index in [1.54, 1.807) is 36.4 Å². The summed E-state index contributed by atoms with van der Waals surface area (Å²) in [5.41, 5.74) is 8.70. The van der Waals surface area contributed by atoms with E-state index in [4.69, 9.17) is 5.73 Å². The molecule has 0 fully saturated rings. The van der Waals surface area contributed by atoms with Crippen LogP contribution >= 0.6 is 12.6 Å². The van der Waals surface area contributed by atoms with E-state index in [0.29, 0.717) is 40.2 Å². The van der Waals surface area contributed by atoms with Gasteiger partial charge in [-0.3, -0.25) is 9.59 Å². The number of nitrogens with one attached hydrogen (secondary N) is 1. The maximum atomic E-state index is 13.2. The third-order valence-corrected chi connectivity index (χ3v) is 6.35. The second kappa shape index (κ2) is 10.5. The Morgan fingerprint density at radius 1 is 0.938 bits per heavy atom. The summed E-state index contributed by atoms with van der Waals surface area (Å²) in [6.07, 6.45) is 2.08. The van der Waals surface area contributed by atoms with Crippen LogP contribution in [0.4, 0.5) is 11.4 Å². The van der Waals surface area contributed by atoms with Gasteiger partial charge >= 0.3 is 0 Å². The highest BCUT2D eigenvalue weighted by Gasteiger charge is 2.33. The van der Waals surface area contributed by atoms with Crippen LogP contribution in [0.15, 0.2) is 36.4 Å². The van der Waals surface area contributed by atoms with Gasteiger partial charge in [0.1, 0.15) is 0 Å². The molecule has 0 spiro atoms. The molecule has 0 heterocycles. The first-order valence-electron chi connectivity index (χ1n) is 11.2. The average Bonchev–Trinajstić information content (AvgIpc) is 2.75. The second-order valence-corrected chi connectivity index (χ2v) is 9.65. The number of hydrogen-bond donors (Lipinski definition) is 3. The standard InChI is InChI=1S/C25H34N4O2S/c1-28(14-7-15-29(2,3)16-17-32)13-6-12-27-21-11-10-20(26)22-23(21)25(31)19-9-5-4-8-18(19)24(22)30/h4-5,8-11,27H,6-7,12-17,26H2,1-3H3/p+1. The number of rotatable bonds is 11. The summed E-state index contributed by atoms with van der Waals surface area (Å²) in [5, 5.41) is 3.37. The third-order valence-electron chi connectivity index (χ3n) is 6.15. The Labute approximate surface area is 196 Å². The van der Waals surface area contributed by atoms with Gasteiger partial charge in [0.2, 0.25) is 0 Å². The molecule has 0 radical (unpaired) electrons. The Hall–Kier alpha value is -2.35. The van der Waals surface area contributed by atoms with Gasteiger partial charge in [0, 0.05) is 47.8 Å². The normalized spacial score (nSPS) is 13.3. The summed E-state index contributed by atoms with van der Waals surface area (Å²) >= 11 is 4.34. The van der Waals surface area contributed by atoms with Crippen LogP contribution in [-0.4, -0.2) is 80.6 Å². The van der Waals surface area contributed by atoms with E-state index in [1.165, 1.54) is 0 Å². The summed E-state index contributed by atoms with van der Waals surface area (Å²) in [5.74, 6) is 0.572. The van der Waals surface area contributed by atoms with E-state index in [9.17, 15) is 9.59 Å². The van der Waals surface area contributed by atoms with Gasteiger partial charge in [-0.25, -0.2) is 0 Å². The zero-order valence-corrected chi connectivity index (χ0v) is 20.3. The molecule has 6 nitrogen and oxygen atoms in total. The summed E-state index contributed by atoms with van der Waals surface area (Å²) in [6.45, 7) is 4.94. The SMILES string of the molecule is CN(CCCNc1ccc(N)c2c1C(=O)c1ccccc1C2=O)CCC[N+](C)(C)CCS. The summed E-state index contributed by atoms with van der Waals surface area (Å²) in [4.78, 5) is 28.5. The van der Waals surface area contributed by atoms with Crippen molar-refractivity contribution < 1.29 is 14.1 Å². The maximum absolute atomic E-state index is 13.2. The molecule has 0 bridgehead atoms. The number of carbonyl (C=O) groups excluding carboxylic acids is 2. The minimum atomic E-state index is -0.185. The number of fused-ring (bicyclic) bond motifs is 2. The first-order chi connectivity index (χ1) is 15.2. The van der Waals surface area contributed by atoms with Gasteiger partial charge in [-0.05, 0) is 32.1 Å². The molecule has 32 heavy (non-hydrogen) atoms. The van der Waals surface area contributed by atoms with Crippen molar-refractivity contribution in [3.63, 3.8) is 0 Å². The Morgan fingerprint density at radius 3 is 2.22 bits per heavy atom. The highest BCUT2D eigenvalue weighted by molar-refractivity contribution is 7.80. The van der Waals surface area contributed by atoms with Crippen molar-refractivity contribution in [1.82, 2.24) is 4.90 Å². The molecule has 2 aromatic carbocycles. The second-order valence-electron chi connectivity index (χ2n) is 9.20. The zero-order valence-electron chi connectivity index (χ0n) is 19.4. The number of thiol groups is 1. The van der Waals surface area contributed by atoms with Crippen molar-refractivity contribution in [1.29, 1.82) is 0 Å². The predicted octanol–water partition coefficient (Wildman–Crippen LogP) is 3.17. The van der Waals surface area contributed by atoms with Crippen molar-refractivity contribution in [2.75, 3.05) is 70.7 Å². The van der Waals surface area contributed by atoms with Gasteiger partial charge in [-0.1, -0.05) is 24.3 Å². The highest BCUT2D eigenvalue weighted by Crippen LogP contribution is 2.35. The fourth-order valence-electron chi connectivity index (χ4n) is 4.23. The molecule has 0 aromatic heterocycles. The van der Waals surface area contributed by atoms with E-state index >= 15 is 0 Å².